The van der Waals surface area contributed by atoms with Crippen molar-refractivity contribution in [1.29, 1.82) is 0 Å². The van der Waals surface area contributed by atoms with Crippen molar-refractivity contribution in [3.8, 4) is 5.88 Å². The van der Waals surface area contributed by atoms with Crippen LogP contribution < -0.4 is 10.5 Å². The summed E-state index contributed by atoms with van der Waals surface area (Å²) in [5.74, 6) is 0.558. The quantitative estimate of drug-likeness (QED) is 0.748. The number of hydrogen-bond acceptors (Lipinski definition) is 5. The molecule has 0 aliphatic rings. The molecule has 0 bridgehead atoms. The first-order valence-corrected chi connectivity index (χ1v) is 5.63. The number of rotatable bonds is 5. The summed E-state index contributed by atoms with van der Waals surface area (Å²) in [5.41, 5.74) is 6.43. The lowest BCUT2D eigenvalue weighted by Crippen LogP contribution is -2.02. The summed E-state index contributed by atoms with van der Waals surface area (Å²) >= 11 is 1.55. The van der Waals surface area contributed by atoms with Gasteiger partial charge in [-0.15, -0.1) is 11.8 Å². The van der Waals surface area contributed by atoms with Gasteiger partial charge in [-0.25, -0.2) is 4.98 Å². The van der Waals surface area contributed by atoms with E-state index in [0.717, 1.165) is 11.4 Å². The van der Waals surface area contributed by atoms with Crippen molar-refractivity contribution in [2.45, 2.75) is 23.6 Å². The highest BCUT2D eigenvalue weighted by Gasteiger charge is 2.09. The van der Waals surface area contributed by atoms with Crippen LogP contribution in [0, 0.1) is 0 Å². The topological polar surface area (TPSA) is 68.4 Å². The van der Waals surface area contributed by atoms with Crippen LogP contribution in [0.1, 0.15) is 13.3 Å². The van der Waals surface area contributed by atoms with E-state index < -0.39 is 0 Å². The van der Waals surface area contributed by atoms with E-state index in [1.165, 1.54) is 0 Å². The highest BCUT2D eigenvalue weighted by atomic mass is 32.2. The summed E-state index contributed by atoms with van der Waals surface area (Å²) in [5, 5.41) is 9.84. The zero-order valence-corrected chi connectivity index (χ0v) is 9.75. The maximum atomic E-state index is 8.80. The number of thioether (sulfide) groups is 1. The summed E-state index contributed by atoms with van der Waals surface area (Å²) in [4.78, 5) is 4.25. The minimum absolute atomic E-state index is 0.179. The monoisotopic (exact) mass is 228 g/mol. The second-order valence-electron chi connectivity index (χ2n) is 3.19. The molecule has 1 aromatic heterocycles. The van der Waals surface area contributed by atoms with Crippen molar-refractivity contribution in [1.82, 2.24) is 4.98 Å². The number of pyridine rings is 1. The molecule has 0 aliphatic carbocycles. The Morgan fingerprint density at radius 1 is 1.60 bits per heavy atom. The number of ether oxygens (including phenoxy) is 1. The number of nitrogens with two attached hydrogens (primary N) is 1. The third-order valence-electron chi connectivity index (χ3n) is 1.92. The van der Waals surface area contributed by atoms with Crippen LogP contribution in [0.5, 0.6) is 5.88 Å². The lowest BCUT2D eigenvalue weighted by Gasteiger charge is -2.11. The number of nitrogen functional groups attached to an aromatic ring is 1. The molecule has 1 unspecified atom stereocenters. The maximum Gasteiger partial charge on any atom is 0.214 e. The number of nitrogens with zero attached hydrogens (tertiary/aromatic N) is 1. The number of anilines is 1. The van der Waals surface area contributed by atoms with Gasteiger partial charge in [0.25, 0.3) is 0 Å². The van der Waals surface area contributed by atoms with Crippen LogP contribution in [0.2, 0.25) is 0 Å². The van der Waals surface area contributed by atoms with Gasteiger partial charge < -0.3 is 15.6 Å². The Morgan fingerprint density at radius 3 is 2.93 bits per heavy atom. The first kappa shape index (κ1) is 12.1. The zero-order valence-electron chi connectivity index (χ0n) is 8.93. The van der Waals surface area contributed by atoms with Crippen LogP contribution in [0.4, 0.5) is 5.69 Å². The second kappa shape index (κ2) is 5.82. The Hall–Kier alpha value is -0.940. The highest BCUT2D eigenvalue weighted by molar-refractivity contribution is 8.00. The van der Waals surface area contributed by atoms with Crippen LogP contribution in [0.3, 0.4) is 0 Å². The molecule has 0 spiro atoms. The fraction of sp³-hybridized carbons (Fsp3) is 0.500. The Bertz CT molecular complexity index is 320. The molecule has 0 aromatic carbocycles. The van der Waals surface area contributed by atoms with Crippen LogP contribution in [0.15, 0.2) is 17.2 Å². The molecule has 0 aliphatic heterocycles. The number of hydrogen-bond donors (Lipinski definition) is 2. The largest absolute Gasteiger partial charge is 0.481 e. The molecule has 5 heteroatoms. The molecule has 0 saturated heterocycles. The van der Waals surface area contributed by atoms with E-state index in [2.05, 4.69) is 4.98 Å². The van der Waals surface area contributed by atoms with Crippen LogP contribution in [-0.2, 0) is 0 Å². The minimum atomic E-state index is 0.179. The Kier molecular flexibility index (Phi) is 4.71. The molecule has 15 heavy (non-hydrogen) atoms. The minimum Gasteiger partial charge on any atom is -0.481 e. The standard InChI is InChI=1S/C10H16N2O2S/c1-7(5-6-13)15-10-8(11)3-4-9(12-10)14-2/h3-4,7,13H,5-6,11H2,1-2H3. The van der Waals surface area contributed by atoms with Crippen LogP contribution in [0.25, 0.3) is 0 Å². The van der Waals surface area contributed by atoms with Crippen molar-refractivity contribution in [3.05, 3.63) is 12.1 Å². The molecular weight excluding hydrogens is 212 g/mol. The Balaban J connectivity index is 2.74. The maximum absolute atomic E-state index is 8.80. The van der Waals surface area contributed by atoms with E-state index in [4.69, 9.17) is 15.6 Å². The van der Waals surface area contributed by atoms with Gasteiger partial charge in [0.15, 0.2) is 0 Å². The third-order valence-corrected chi connectivity index (χ3v) is 3.11. The summed E-state index contributed by atoms with van der Waals surface area (Å²) in [6.07, 6.45) is 0.725. The molecular formula is C10H16N2O2S. The van der Waals surface area contributed by atoms with E-state index in [1.807, 2.05) is 6.92 Å². The van der Waals surface area contributed by atoms with Gasteiger partial charge in [0.1, 0.15) is 5.03 Å². The SMILES string of the molecule is COc1ccc(N)c(SC(C)CCO)n1. The molecule has 1 rings (SSSR count). The number of aliphatic hydroxyl groups is 1. The Labute approximate surface area is 93.8 Å². The van der Waals surface area contributed by atoms with Gasteiger partial charge in [-0.3, -0.25) is 0 Å². The van der Waals surface area contributed by atoms with Gasteiger partial charge in [0.2, 0.25) is 5.88 Å². The van der Waals surface area contributed by atoms with Crippen LogP contribution in [-0.4, -0.2) is 29.1 Å². The van der Waals surface area contributed by atoms with Gasteiger partial charge in [-0.05, 0) is 12.5 Å². The zero-order chi connectivity index (χ0) is 11.3. The molecule has 1 atom stereocenters. The fourth-order valence-corrected chi connectivity index (χ4v) is 2.02. The predicted molar refractivity (Wildman–Crippen MR) is 62.2 cm³/mol. The average molecular weight is 228 g/mol. The number of aliphatic hydroxyl groups excluding tert-OH is 1. The summed E-state index contributed by atoms with van der Waals surface area (Å²) in [6, 6.07) is 3.51. The van der Waals surface area contributed by atoms with Gasteiger partial charge in [-0.2, -0.15) is 0 Å². The molecule has 4 nitrogen and oxygen atoms in total. The molecule has 0 saturated carbocycles. The summed E-state index contributed by atoms with van der Waals surface area (Å²) < 4.78 is 5.02. The van der Waals surface area contributed by atoms with Crippen molar-refractivity contribution in [2.24, 2.45) is 0 Å². The van der Waals surface area contributed by atoms with E-state index >= 15 is 0 Å². The van der Waals surface area contributed by atoms with E-state index in [9.17, 15) is 0 Å². The smallest absolute Gasteiger partial charge is 0.214 e. The normalized spacial score (nSPS) is 12.5. The van der Waals surface area contributed by atoms with Crippen LogP contribution >= 0.6 is 11.8 Å². The van der Waals surface area contributed by atoms with E-state index in [1.54, 1.807) is 31.0 Å². The average Bonchev–Trinajstić information content (AvgIpc) is 2.21. The first-order chi connectivity index (χ1) is 7.17. The van der Waals surface area contributed by atoms with Crippen molar-refractivity contribution in [2.75, 3.05) is 19.5 Å². The van der Waals surface area contributed by atoms with E-state index in [0.29, 0.717) is 11.6 Å². The lowest BCUT2D eigenvalue weighted by molar-refractivity contribution is 0.289. The van der Waals surface area contributed by atoms with Crippen molar-refractivity contribution < 1.29 is 9.84 Å². The van der Waals surface area contributed by atoms with Gasteiger partial charge in [0, 0.05) is 17.9 Å². The lowest BCUT2D eigenvalue weighted by atomic mass is 10.3. The molecule has 84 valence electrons. The van der Waals surface area contributed by atoms with Crippen molar-refractivity contribution in [3.63, 3.8) is 0 Å². The first-order valence-electron chi connectivity index (χ1n) is 4.75. The van der Waals surface area contributed by atoms with Crippen molar-refractivity contribution >= 4 is 17.4 Å². The van der Waals surface area contributed by atoms with Gasteiger partial charge >= 0.3 is 0 Å². The summed E-state index contributed by atoms with van der Waals surface area (Å²) in [6.45, 7) is 2.21. The van der Waals surface area contributed by atoms with Gasteiger partial charge in [0.05, 0.1) is 12.8 Å². The molecule has 0 fully saturated rings. The second-order valence-corrected chi connectivity index (χ2v) is 4.62. The molecule has 0 amide bonds. The number of methoxy groups -OCH3 is 1. The van der Waals surface area contributed by atoms with E-state index in [-0.39, 0.29) is 11.9 Å². The third kappa shape index (κ3) is 3.60. The molecule has 1 heterocycles. The van der Waals surface area contributed by atoms with Gasteiger partial charge in [-0.1, -0.05) is 6.92 Å². The Morgan fingerprint density at radius 2 is 2.33 bits per heavy atom. The highest BCUT2D eigenvalue weighted by Crippen LogP contribution is 2.29. The molecule has 1 aromatic rings. The predicted octanol–water partition coefficient (Wildman–Crippen LogP) is 1.54. The fourth-order valence-electron chi connectivity index (χ4n) is 1.07. The number of aromatic nitrogens is 1. The summed E-state index contributed by atoms with van der Waals surface area (Å²) in [7, 11) is 1.57. The molecule has 0 radical (unpaired) electrons. The molecule has 3 N–H and O–H groups in total.